The Morgan fingerprint density at radius 2 is 1.76 bits per heavy atom. The average molecular weight is 614 g/mol. The van der Waals surface area contributed by atoms with Crippen LogP contribution in [0.3, 0.4) is 0 Å². The predicted octanol–water partition coefficient (Wildman–Crippen LogP) is 4.80. The van der Waals surface area contributed by atoms with Gasteiger partial charge in [0, 0.05) is 44.0 Å². The maximum absolute atomic E-state index is 14.3. The van der Waals surface area contributed by atoms with Crippen LogP contribution in [-0.2, 0) is 16.2 Å². The van der Waals surface area contributed by atoms with E-state index >= 15 is 0 Å². The molecule has 2 saturated heterocycles. The largest absolute Gasteiger partial charge is 0.419 e. The van der Waals surface area contributed by atoms with Gasteiger partial charge in [0.05, 0.1) is 17.5 Å². The molecule has 0 radical (unpaired) electrons. The number of rotatable bonds is 4. The molecule has 2 N–H and O–H groups in total. The van der Waals surface area contributed by atoms with E-state index in [0.717, 1.165) is 31.0 Å². The van der Waals surface area contributed by atoms with Crippen molar-refractivity contribution >= 4 is 37.3 Å². The van der Waals surface area contributed by atoms with Gasteiger partial charge >= 0.3 is 6.18 Å². The lowest BCUT2D eigenvalue weighted by molar-refractivity contribution is -0.137. The highest BCUT2D eigenvalue weighted by Crippen LogP contribution is 2.43. The third-order valence-electron chi connectivity index (χ3n) is 7.82. The lowest BCUT2D eigenvalue weighted by Gasteiger charge is -2.47. The van der Waals surface area contributed by atoms with Crippen molar-refractivity contribution in [2.45, 2.75) is 36.8 Å². The van der Waals surface area contributed by atoms with Gasteiger partial charge in [-0.2, -0.15) is 17.5 Å². The number of nitrogens with zero attached hydrogens (tertiary/aromatic N) is 6. The van der Waals surface area contributed by atoms with Crippen LogP contribution in [0.4, 0.5) is 32.9 Å². The summed E-state index contributed by atoms with van der Waals surface area (Å²) in [5.74, 6) is -2.58. The molecular weight excluding hydrogens is 589 g/mol. The number of nitrogen functional groups attached to an aromatic ring is 1. The van der Waals surface area contributed by atoms with E-state index in [1.54, 1.807) is 0 Å². The number of benzene rings is 1. The lowest BCUT2D eigenvalue weighted by Crippen LogP contribution is -2.50. The van der Waals surface area contributed by atoms with Gasteiger partial charge in [0.1, 0.15) is 22.3 Å². The van der Waals surface area contributed by atoms with Crippen LogP contribution in [0, 0.1) is 17.0 Å². The van der Waals surface area contributed by atoms with E-state index in [0.29, 0.717) is 47.8 Å². The number of fused-ring (bicyclic) bond motifs is 1. The Bertz CT molecular complexity index is 1730. The average Bonchev–Trinajstić information content (AvgIpc) is 3.50. The van der Waals surface area contributed by atoms with E-state index in [9.17, 15) is 30.4 Å². The van der Waals surface area contributed by atoms with Gasteiger partial charge in [-0.3, -0.25) is 0 Å². The van der Waals surface area contributed by atoms with Crippen molar-refractivity contribution in [3.8, 4) is 11.3 Å². The third-order valence-corrected chi connectivity index (χ3v) is 10.7. The maximum Gasteiger partial charge on any atom is 0.419 e. The summed E-state index contributed by atoms with van der Waals surface area (Å²) in [6.45, 7) is 1.71. The van der Waals surface area contributed by atoms with Crippen LogP contribution in [0.25, 0.3) is 16.2 Å². The van der Waals surface area contributed by atoms with Crippen LogP contribution in [0.5, 0.6) is 0 Å². The normalized spacial score (nSPS) is 18.4. The van der Waals surface area contributed by atoms with Crippen LogP contribution < -0.4 is 10.6 Å². The quantitative estimate of drug-likeness (QED) is 0.329. The Hall–Kier alpha value is -3.37. The molecule has 0 aliphatic carbocycles. The number of halogens is 5. The number of imidazole rings is 1. The molecule has 218 valence electrons. The van der Waals surface area contributed by atoms with Gasteiger partial charge in [0.25, 0.3) is 0 Å². The Labute approximate surface area is 235 Å². The molecule has 2 aliphatic heterocycles. The summed E-state index contributed by atoms with van der Waals surface area (Å²) in [6, 6.07) is 3.37. The zero-order valence-corrected chi connectivity index (χ0v) is 23.0. The Kier molecular flexibility index (Phi) is 6.69. The standard InChI is InChI=1S/C25H24F5N7O2S2/c26-16-2-3-20(18(27)11-16)41(38,39)36-8-5-24(6-9-36)4-1-7-35(14-24)23-34-37-19(13-33-22(37)40-23)15-10-17(25(28,29)30)21(31)32-12-15/h2-3,10-13H,1,4-9,14H2,(H2,31,32). The molecule has 0 atom stereocenters. The monoisotopic (exact) mass is 613 g/mol. The number of anilines is 2. The van der Waals surface area contributed by atoms with Crippen molar-refractivity contribution in [3.63, 3.8) is 0 Å². The number of alkyl halides is 3. The molecule has 2 fully saturated rings. The molecule has 5 heterocycles. The Balaban J connectivity index is 1.20. The first-order chi connectivity index (χ1) is 19.4. The second-order valence-electron chi connectivity index (χ2n) is 10.4. The van der Waals surface area contributed by atoms with Crippen molar-refractivity contribution in [1.82, 2.24) is 23.9 Å². The predicted molar refractivity (Wildman–Crippen MR) is 142 cm³/mol. The number of hydrogen-bond donors (Lipinski definition) is 1. The topological polar surface area (TPSA) is 110 Å². The zero-order valence-electron chi connectivity index (χ0n) is 21.4. The van der Waals surface area contributed by atoms with Gasteiger partial charge in [0.2, 0.25) is 20.1 Å². The smallest absolute Gasteiger partial charge is 0.383 e. The van der Waals surface area contributed by atoms with E-state index in [1.165, 1.54) is 32.6 Å². The van der Waals surface area contributed by atoms with Crippen molar-refractivity contribution < 1.29 is 30.4 Å². The van der Waals surface area contributed by atoms with Crippen LogP contribution in [0.15, 0.2) is 41.6 Å². The summed E-state index contributed by atoms with van der Waals surface area (Å²) in [4.78, 5) is 10.1. The van der Waals surface area contributed by atoms with E-state index in [2.05, 4.69) is 20.0 Å². The fourth-order valence-corrected chi connectivity index (χ4v) is 8.04. The minimum absolute atomic E-state index is 0.178. The summed E-state index contributed by atoms with van der Waals surface area (Å²) in [7, 11) is -4.11. The number of nitrogens with two attached hydrogens (primary N) is 1. The molecule has 0 unspecified atom stereocenters. The molecule has 0 saturated carbocycles. The van der Waals surface area contributed by atoms with Gasteiger partial charge < -0.3 is 10.6 Å². The molecule has 3 aromatic heterocycles. The highest BCUT2D eigenvalue weighted by Gasteiger charge is 2.42. The number of pyridine rings is 1. The fourth-order valence-electron chi connectivity index (χ4n) is 5.65. The second kappa shape index (κ2) is 9.87. The molecule has 4 aromatic rings. The summed E-state index contributed by atoms with van der Waals surface area (Å²) >= 11 is 1.31. The number of sulfonamides is 1. The van der Waals surface area contributed by atoms with Gasteiger partial charge in [0.15, 0.2) is 0 Å². The Morgan fingerprint density at radius 1 is 1.00 bits per heavy atom. The van der Waals surface area contributed by atoms with Gasteiger partial charge in [-0.15, -0.1) is 5.10 Å². The van der Waals surface area contributed by atoms with Crippen molar-refractivity contribution in [2.24, 2.45) is 5.41 Å². The first-order valence-corrected chi connectivity index (χ1v) is 15.0. The minimum Gasteiger partial charge on any atom is -0.383 e. The Morgan fingerprint density at radius 3 is 2.46 bits per heavy atom. The van der Waals surface area contributed by atoms with E-state index in [-0.39, 0.29) is 24.1 Å². The molecule has 16 heteroatoms. The summed E-state index contributed by atoms with van der Waals surface area (Å²) < 4.78 is 96.5. The first kappa shape index (κ1) is 27.8. The summed E-state index contributed by atoms with van der Waals surface area (Å²) in [5.41, 5.74) is 4.75. The first-order valence-electron chi connectivity index (χ1n) is 12.7. The van der Waals surface area contributed by atoms with E-state index in [1.807, 2.05) is 0 Å². The highest BCUT2D eigenvalue weighted by molar-refractivity contribution is 7.89. The zero-order chi connectivity index (χ0) is 29.2. The van der Waals surface area contributed by atoms with E-state index < -0.39 is 44.1 Å². The minimum atomic E-state index is -4.66. The van der Waals surface area contributed by atoms with Crippen LogP contribution in [0.2, 0.25) is 0 Å². The number of aromatic nitrogens is 4. The maximum atomic E-state index is 14.3. The van der Waals surface area contributed by atoms with Crippen molar-refractivity contribution in [2.75, 3.05) is 36.8 Å². The molecule has 1 spiro atoms. The molecule has 0 amide bonds. The fraction of sp³-hybridized carbons (Fsp3) is 0.400. The van der Waals surface area contributed by atoms with Crippen LogP contribution >= 0.6 is 11.3 Å². The molecule has 41 heavy (non-hydrogen) atoms. The molecule has 2 aliphatic rings. The SMILES string of the molecule is Nc1ncc(-c2cnc3sc(N4CCCC5(CCN(S(=O)(=O)c6ccc(F)cc6F)CC5)C4)nn23)cc1C(F)(F)F. The molecular formula is C25H24F5N7O2S2. The van der Waals surface area contributed by atoms with Crippen molar-refractivity contribution in [3.05, 3.63) is 53.9 Å². The molecule has 9 nitrogen and oxygen atoms in total. The summed E-state index contributed by atoms with van der Waals surface area (Å²) in [5, 5.41) is 5.30. The lowest BCUT2D eigenvalue weighted by atomic mass is 9.73. The summed E-state index contributed by atoms with van der Waals surface area (Å²) in [6.07, 6.45) is 0.857. The molecule has 1 aromatic carbocycles. The van der Waals surface area contributed by atoms with Crippen LogP contribution in [0.1, 0.15) is 31.2 Å². The number of piperidine rings is 2. The van der Waals surface area contributed by atoms with Crippen molar-refractivity contribution in [1.29, 1.82) is 0 Å². The molecule has 0 bridgehead atoms. The molecule has 6 rings (SSSR count). The van der Waals surface area contributed by atoms with Gasteiger partial charge in [-0.05, 0) is 49.3 Å². The van der Waals surface area contributed by atoms with E-state index in [4.69, 9.17) is 5.73 Å². The second-order valence-corrected chi connectivity index (χ2v) is 13.2. The highest BCUT2D eigenvalue weighted by atomic mass is 32.2. The van der Waals surface area contributed by atoms with Crippen LogP contribution in [-0.4, -0.2) is 58.5 Å². The van der Waals surface area contributed by atoms with Gasteiger partial charge in [-0.25, -0.2) is 31.7 Å². The third kappa shape index (κ3) is 5.01. The number of hydrogen-bond acceptors (Lipinski definition) is 8. The van der Waals surface area contributed by atoms with Gasteiger partial charge in [-0.1, -0.05) is 11.3 Å².